The Kier molecular flexibility index (Phi) is 6.26. The first-order valence-corrected chi connectivity index (χ1v) is 4.48. The van der Waals surface area contributed by atoms with Crippen molar-refractivity contribution in [1.82, 2.24) is 5.32 Å². The minimum absolute atomic E-state index is 0.158. The molecule has 0 aliphatic heterocycles. The number of amidine groups is 1. The van der Waals surface area contributed by atoms with Crippen LogP contribution >= 0.6 is 0 Å². The lowest BCUT2D eigenvalue weighted by Gasteiger charge is -2.16. The molecule has 0 fully saturated rings. The highest BCUT2D eigenvalue weighted by Gasteiger charge is 2.08. The number of nitrogens with zero attached hydrogens (tertiary/aromatic N) is 1. The number of oxime groups is 1. The molecule has 0 radical (unpaired) electrons. The molecule has 5 N–H and O–H groups in total. The van der Waals surface area contributed by atoms with Crippen LogP contribution in [0.25, 0.3) is 0 Å². The summed E-state index contributed by atoms with van der Waals surface area (Å²) in [5.74, 6) is 0.213. The van der Waals surface area contributed by atoms with Crippen LogP contribution in [0.2, 0.25) is 0 Å². The number of rotatable bonds is 6. The van der Waals surface area contributed by atoms with Gasteiger partial charge in [-0.2, -0.15) is 0 Å². The van der Waals surface area contributed by atoms with E-state index in [9.17, 15) is 0 Å². The smallest absolute Gasteiger partial charge is 0.140 e. The Morgan fingerprint density at radius 2 is 2.23 bits per heavy atom. The second-order valence-electron chi connectivity index (χ2n) is 3.16. The van der Waals surface area contributed by atoms with Gasteiger partial charge in [0.15, 0.2) is 0 Å². The van der Waals surface area contributed by atoms with Gasteiger partial charge in [0, 0.05) is 19.0 Å². The Hall–Kier alpha value is -0.810. The lowest BCUT2D eigenvalue weighted by molar-refractivity contribution is 0.186. The summed E-state index contributed by atoms with van der Waals surface area (Å²) in [6.45, 7) is 4.24. The summed E-state index contributed by atoms with van der Waals surface area (Å²) in [6, 6.07) is 0.158. The third kappa shape index (κ3) is 6.36. The molecular weight excluding hydrogens is 170 g/mol. The van der Waals surface area contributed by atoms with Crippen molar-refractivity contribution in [2.24, 2.45) is 10.9 Å². The molecule has 0 aliphatic carbocycles. The molecule has 5 nitrogen and oxygen atoms in total. The maximum absolute atomic E-state index is 9.01. The minimum atomic E-state index is -0.374. The van der Waals surface area contributed by atoms with Gasteiger partial charge in [0.05, 0.1) is 6.10 Å². The molecule has 0 amide bonds. The summed E-state index contributed by atoms with van der Waals surface area (Å²) < 4.78 is 0. The van der Waals surface area contributed by atoms with Gasteiger partial charge in [-0.25, -0.2) is 0 Å². The lowest BCUT2D eigenvalue weighted by atomic mass is 10.1. The first-order valence-electron chi connectivity index (χ1n) is 4.48. The van der Waals surface area contributed by atoms with E-state index in [-0.39, 0.29) is 18.0 Å². The fourth-order valence-electron chi connectivity index (χ4n) is 0.991. The van der Waals surface area contributed by atoms with Crippen LogP contribution in [0.15, 0.2) is 5.16 Å². The number of nitrogens with two attached hydrogens (primary N) is 1. The summed E-state index contributed by atoms with van der Waals surface area (Å²) >= 11 is 0. The number of aliphatic hydroxyl groups is 1. The Bertz CT molecular complexity index is 159. The van der Waals surface area contributed by atoms with E-state index < -0.39 is 0 Å². The fraction of sp³-hybridized carbons (Fsp3) is 0.875. The number of nitrogens with one attached hydrogen (secondary N) is 1. The van der Waals surface area contributed by atoms with E-state index in [1.807, 2.05) is 6.92 Å². The number of hydrogen-bond acceptors (Lipinski definition) is 4. The second-order valence-corrected chi connectivity index (χ2v) is 3.16. The van der Waals surface area contributed by atoms with Gasteiger partial charge in [0.2, 0.25) is 0 Å². The van der Waals surface area contributed by atoms with Crippen LogP contribution in [0.5, 0.6) is 0 Å². The van der Waals surface area contributed by atoms with Crippen LogP contribution < -0.4 is 11.1 Å². The zero-order valence-electron chi connectivity index (χ0n) is 8.20. The normalized spacial score (nSPS) is 17.0. The van der Waals surface area contributed by atoms with Crippen LogP contribution in [0.1, 0.15) is 26.7 Å². The van der Waals surface area contributed by atoms with Gasteiger partial charge >= 0.3 is 0 Å². The maximum atomic E-state index is 9.01. The van der Waals surface area contributed by atoms with E-state index in [4.69, 9.17) is 16.0 Å². The van der Waals surface area contributed by atoms with Crippen LogP contribution in [-0.4, -0.2) is 34.8 Å². The summed E-state index contributed by atoms with van der Waals surface area (Å²) in [7, 11) is 0. The molecule has 0 aliphatic rings. The molecule has 0 aromatic carbocycles. The van der Waals surface area contributed by atoms with E-state index in [1.165, 1.54) is 0 Å². The van der Waals surface area contributed by atoms with Crippen molar-refractivity contribution in [2.75, 3.05) is 6.54 Å². The average molecular weight is 189 g/mol. The van der Waals surface area contributed by atoms with Crippen LogP contribution in [0.3, 0.4) is 0 Å². The van der Waals surface area contributed by atoms with E-state index >= 15 is 0 Å². The molecule has 2 atom stereocenters. The molecule has 0 aromatic heterocycles. The molecular formula is C8H19N3O2. The first-order chi connectivity index (χ1) is 6.10. The highest BCUT2D eigenvalue weighted by molar-refractivity contribution is 5.80. The van der Waals surface area contributed by atoms with Crippen molar-refractivity contribution in [3.05, 3.63) is 0 Å². The first kappa shape index (κ1) is 12.2. The molecule has 0 saturated carbocycles. The molecule has 13 heavy (non-hydrogen) atoms. The fourth-order valence-corrected chi connectivity index (χ4v) is 0.991. The Morgan fingerprint density at radius 3 is 2.62 bits per heavy atom. The van der Waals surface area contributed by atoms with Crippen LogP contribution in [-0.2, 0) is 0 Å². The van der Waals surface area contributed by atoms with Crippen molar-refractivity contribution in [3.8, 4) is 0 Å². The minimum Gasteiger partial charge on any atom is -0.409 e. The Balaban J connectivity index is 3.76. The lowest BCUT2D eigenvalue weighted by Crippen LogP contribution is -2.37. The quantitative estimate of drug-likeness (QED) is 0.203. The predicted molar refractivity (Wildman–Crippen MR) is 51.8 cm³/mol. The van der Waals surface area contributed by atoms with Gasteiger partial charge in [-0.1, -0.05) is 12.1 Å². The van der Waals surface area contributed by atoms with Crippen molar-refractivity contribution in [1.29, 1.82) is 0 Å². The third-order valence-electron chi connectivity index (χ3n) is 1.78. The zero-order chi connectivity index (χ0) is 10.3. The van der Waals surface area contributed by atoms with Gasteiger partial charge < -0.3 is 21.4 Å². The van der Waals surface area contributed by atoms with Crippen molar-refractivity contribution in [3.63, 3.8) is 0 Å². The molecule has 78 valence electrons. The number of hydrogen-bond donors (Lipinski definition) is 4. The maximum Gasteiger partial charge on any atom is 0.140 e. The highest BCUT2D eigenvalue weighted by Crippen LogP contribution is 1.97. The monoisotopic (exact) mass is 189 g/mol. The molecule has 2 unspecified atom stereocenters. The molecule has 0 bridgehead atoms. The van der Waals surface area contributed by atoms with E-state index in [1.54, 1.807) is 6.92 Å². The molecule has 0 aromatic rings. The van der Waals surface area contributed by atoms with E-state index in [0.29, 0.717) is 13.0 Å². The van der Waals surface area contributed by atoms with Crippen LogP contribution in [0, 0.1) is 0 Å². The highest BCUT2D eigenvalue weighted by atomic mass is 16.4. The average Bonchev–Trinajstić information content (AvgIpc) is 2.11. The Morgan fingerprint density at radius 1 is 1.62 bits per heavy atom. The van der Waals surface area contributed by atoms with Gasteiger partial charge in [0.1, 0.15) is 5.84 Å². The van der Waals surface area contributed by atoms with Gasteiger partial charge in [0.25, 0.3) is 0 Å². The molecule has 0 rings (SSSR count). The van der Waals surface area contributed by atoms with Gasteiger partial charge in [-0.3, -0.25) is 0 Å². The largest absolute Gasteiger partial charge is 0.409 e. The summed E-state index contributed by atoms with van der Waals surface area (Å²) in [4.78, 5) is 0. The molecule has 0 spiro atoms. The SMILES string of the molecule is CCC(CC(N)=NO)NCC(C)O. The van der Waals surface area contributed by atoms with Gasteiger partial charge in [-0.05, 0) is 13.3 Å². The van der Waals surface area contributed by atoms with Crippen molar-refractivity contribution in [2.45, 2.75) is 38.8 Å². The second kappa shape index (κ2) is 6.68. The molecule has 0 heterocycles. The van der Waals surface area contributed by atoms with E-state index in [2.05, 4.69) is 10.5 Å². The Labute approximate surface area is 78.6 Å². The van der Waals surface area contributed by atoms with Crippen molar-refractivity contribution < 1.29 is 10.3 Å². The van der Waals surface area contributed by atoms with E-state index in [0.717, 1.165) is 6.42 Å². The standard InChI is InChI=1S/C8H19N3O2/c1-3-7(4-8(9)11-13)10-5-6(2)12/h6-7,10,12-13H,3-5H2,1-2H3,(H2,9,11). The summed E-state index contributed by atoms with van der Waals surface area (Å²) in [6.07, 6.45) is 1.00. The number of aliphatic hydroxyl groups excluding tert-OH is 1. The summed E-state index contributed by atoms with van der Waals surface area (Å²) in [5, 5.41) is 23.4. The topological polar surface area (TPSA) is 90.9 Å². The zero-order valence-corrected chi connectivity index (χ0v) is 8.20. The summed E-state index contributed by atoms with van der Waals surface area (Å²) in [5.41, 5.74) is 5.35. The van der Waals surface area contributed by atoms with Gasteiger partial charge in [-0.15, -0.1) is 0 Å². The molecule has 0 saturated heterocycles. The predicted octanol–water partition coefficient (Wildman–Crippen LogP) is -0.128. The third-order valence-corrected chi connectivity index (χ3v) is 1.78. The molecule has 5 heteroatoms. The van der Waals surface area contributed by atoms with Crippen LogP contribution in [0.4, 0.5) is 0 Å². The van der Waals surface area contributed by atoms with Crippen molar-refractivity contribution >= 4 is 5.84 Å².